The van der Waals surface area contributed by atoms with Crippen LogP contribution < -0.4 is 0 Å². The normalized spacial score (nSPS) is 12.6. The zero-order valence-corrected chi connectivity index (χ0v) is 10.0. The molecule has 17 heavy (non-hydrogen) atoms. The first-order chi connectivity index (χ1) is 7.71. The maximum atomic E-state index is 12.4. The van der Waals surface area contributed by atoms with Gasteiger partial charge in [0.15, 0.2) is 5.69 Å². The molecule has 0 radical (unpaired) electrons. The lowest BCUT2D eigenvalue weighted by Gasteiger charge is -2.04. The number of hydrogen-bond donors (Lipinski definition) is 0. The Morgan fingerprint density at radius 2 is 2.06 bits per heavy atom. The van der Waals surface area contributed by atoms with Crippen molar-refractivity contribution < 1.29 is 13.2 Å². The third kappa shape index (κ3) is 3.47. The minimum Gasteiger partial charge on any atom is -0.238 e. The van der Waals surface area contributed by atoms with Crippen LogP contribution in [0.25, 0.3) is 5.70 Å². The lowest BCUT2D eigenvalue weighted by atomic mass is 10.2. The van der Waals surface area contributed by atoms with Gasteiger partial charge in [-0.1, -0.05) is 26.5 Å². The Morgan fingerprint density at radius 3 is 2.47 bits per heavy atom. The highest BCUT2D eigenvalue weighted by Crippen LogP contribution is 2.29. The van der Waals surface area contributed by atoms with Crippen LogP contribution in [0.5, 0.6) is 0 Å². The monoisotopic (exact) mass is 244 g/mol. The first-order valence-corrected chi connectivity index (χ1v) is 5.23. The van der Waals surface area contributed by atoms with Crippen LogP contribution in [0.1, 0.15) is 25.2 Å². The van der Waals surface area contributed by atoms with Crippen LogP contribution in [0.2, 0.25) is 0 Å². The van der Waals surface area contributed by atoms with Gasteiger partial charge in [-0.05, 0) is 25.0 Å². The number of rotatable bonds is 3. The van der Waals surface area contributed by atoms with E-state index in [2.05, 4.69) is 11.7 Å². The molecule has 5 heteroatoms. The topological polar surface area (TPSA) is 17.8 Å². The van der Waals surface area contributed by atoms with Crippen LogP contribution in [0.3, 0.4) is 0 Å². The summed E-state index contributed by atoms with van der Waals surface area (Å²) in [7, 11) is 0. The number of alkyl halides is 3. The smallest absolute Gasteiger partial charge is 0.238 e. The maximum Gasteiger partial charge on any atom is 0.435 e. The summed E-state index contributed by atoms with van der Waals surface area (Å²) in [6, 6.07) is 1.01. The second-order valence-electron chi connectivity index (χ2n) is 4.17. The molecule has 0 bridgehead atoms. The van der Waals surface area contributed by atoms with Gasteiger partial charge in [-0.2, -0.15) is 18.3 Å². The summed E-state index contributed by atoms with van der Waals surface area (Å²) >= 11 is 0. The summed E-state index contributed by atoms with van der Waals surface area (Å²) < 4.78 is 38.5. The van der Waals surface area contributed by atoms with E-state index in [0.29, 0.717) is 17.3 Å². The molecule has 0 saturated heterocycles. The second-order valence-corrected chi connectivity index (χ2v) is 4.17. The predicted molar refractivity (Wildman–Crippen MR) is 61.3 cm³/mol. The summed E-state index contributed by atoms with van der Waals surface area (Å²) in [6.45, 7) is 9.21. The van der Waals surface area contributed by atoms with Crippen molar-refractivity contribution >= 4 is 5.70 Å². The molecule has 0 saturated carbocycles. The Morgan fingerprint density at radius 1 is 1.47 bits per heavy atom. The third-order valence-electron chi connectivity index (χ3n) is 2.12. The largest absolute Gasteiger partial charge is 0.435 e. The van der Waals surface area contributed by atoms with E-state index < -0.39 is 11.9 Å². The van der Waals surface area contributed by atoms with Gasteiger partial charge in [0.1, 0.15) is 0 Å². The van der Waals surface area contributed by atoms with Crippen molar-refractivity contribution in [2.24, 2.45) is 5.92 Å². The zero-order valence-electron chi connectivity index (χ0n) is 10.0. The highest BCUT2D eigenvalue weighted by atomic mass is 19.4. The molecule has 1 aromatic rings. The van der Waals surface area contributed by atoms with Gasteiger partial charge < -0.3 is 0 Å². The van der Waals surface area contributed by atoms with E-state index in [1.807, 2.05) is 19.9 Å². The second kappa shape index (κ2) is 4.77. The van der Waals surface area contributed by atoms with Crippen molar-refractivity contribution in [1.82, 2.24) is 9.78 Å². The summed E-state index contributed by atoms with van der Waals surface area (Å²) in [5.41, 5.74) is -0.0588. The number of aryl methyl sites for hydroxylation is 1. The molecule has 0 aliphatic rings. The summed E-state index contributed by atoms with van der Waals surface area (Å²) in [5.74, 6) is 0.310. The number of halogens is 3. The molecule has 1 rings (SSSR count). The predicted octanol–water partition coefficient (Wildman–Crippen LogP) is 3.89. The molecule has 0 spiro atoms. The average Bonchev–Trinajstić information content (AvgIpc) is 2.56. The number of nitrogens with zero attached hydrogens (tertiary/aromatic N) is 2. The maximum absolute atomic E-state index is 12.4. The minimum atomic E-state index is -4.42. The molecule has 0 aromatic carbocycles. The fraction of sp³-hybridized carbons (Fsp3) is 0.417. The van der Waals surface area contributed by atoms with Gasteiger partial charge in [-0.25, -0.2) is 4.68 Å². The Balaban J connectivity index is 3.00. The van der Waals surface area contributed by atoms with Gasteiger partial charge in [-0.15, -0.1) is 0 Å². The van der Waals surface area contributed by atoms with Gasteiger partial charge in [0.05, 0.1) is 5.70 Å². The minimum absolute atomic E-state index is 0.310. The molecule has 0 unspecified atom stereocenters. The molecular formula is C12H15F3N2. The highest BCUT2D eigenvalue weighted by Gasteiger charge is 2.34. The van der Waals surface area contributed by atoms with Crippen molar-refractivity contribution in [2.75, 3.05) is 0 Å². The molecular weight excluding hydrogens is 229 g/mol. The van der Waals surface area contributed by atoms with E-state index >= 15 is 0 Å². The molecule has 2 nitrogen and oxygen atoms in total. The third-order valence-corrected chi connectivity index (χ3v) is 2.12. The van der Waals surface area contributed by atoms with Crippen molar-refractivity contribution in [2.45, 2.75) is 26.9 Å². The van der Waals surface area contributed by atoms with Crippen LogP contribution in [0.15, 0.2) is 24.8 Å². The Labute approximate surface area is 98.4 Å². The summed E-state index contributed by atoms with van der Waals surface area (Å²) in [5, 5.41) is 3.50. The first kappa shape index (κ1) is 13.5. The molecule has 1 aromatic heterocycles. The van der Waals surface area contributed by atoms with Gasteiger partial charge in [0.25, 0.3) is 0 Å². The van der Waals surface area contributed by atoms with E-state index in [0.717, 1.165) is 6.07 Å². The summed E-state index contributed by atoms with van der Waals surface area (Å²) in [6.07, 6.45) is -0.889. The summed E-state index contributed by atoms with van der Waals surface area (Å²) in [4.78, 5) is 0. The molecule has 0 amide bonds. The Hall–Kier alpha value is -1.52. The van der Waals surface area contributed by atoms with Gasteiger partial charge in [-0.3, -0.25) is 0 Å². The highest BCUT2D eigenvalue weighted by molar-refractivity contribution is 5.54. The van der Waals surface area contributed by atoms with Crippen molar-refractivity contribution in [1.29, 1.82) is 0 Å². The SMILES string of the molecule is C=C(C=CC(C)C)n1nc(C(F)(F)F)cc1C. The van der Waals surface area contributed by atoms with Crippen LogP contribution >= 0.6 is 0 Å². The van der Waals surface area contributed by atoms with Crippen LogP contribution in [-0.4, -0.2) is 9.78 Å². The Bertz CT molecular complexity index is 439. The molecule has 1 heterocycles. The van der Waals surface area contributed by atoms with E-state index in [1.54, 1.807) is 13.0 Å². The fourth-order valence-electron chi connectivity index (χ4n) is 1.28. The van der Waals surface area contributed by atoms with Gasteiger partial charge in [0.2, 0.25) is 0 Å². The molecule has 0 aliphatic carbocycles. The van der Waals surface area contributed by atoms with E-state index in [4.69, 9.17) is 0 Å². The average molecular weight is 244 g/mol. The van der Waals surface area contributed by atoms with Crippen LogP contribution in [-0.2, 0) is 6.18 Å². The van der Waals surface area contributed by atoms with Crippen molar-refractivity contribution in [3.05, 3.63) is 36.2 Å². The Kier molecular flexibility index (Phi) is 3.80. The van der Waals surface area contributed by atoms with E-state index in [9.17, 15) is 13.2 Å². The van der Waals surface area contributed by atoms with Crippen LogP contribution in [0.4, 0.5) is 13.2 Å². The fourth-order valence-corrected chi connectivity index (χ4v) is 1.28. The van der Waals surface area contributed by atoms with Crippen molar-refractivity contribution in [3.8, 4) is 0 Å². The molecule has 0 fully saturated rings. The number of aromatic nitrogens is 2. The van der Waals surface area contributed by atoms with Crippen LogP contribution in [0, 0.1) is 12.8 Å². The first-order valence-electron chi connectivity index (χ1n) is 5.23. The standard InChI is InChI=1S/C12H15F3N2/c1-8(2)5-6-9(3)17-10(4)7-11(16-17)12(13,14)15/h5-8H,3H2,1-2,4H3. The van der Waals surface area contributed by atoms with Gasteiger partial charge in [0, 0.05) is 5.69 Å². The lowest BCUT2D eigenvalue weighted by Crippen LogP contribution is -2.07. The van der Waals surface area contributed by atoms with E-state index in [1.165, 1.54) is 4.68 Å². The van der Waals surface area contributed by atoms with E-state index in [-0.39, 0.29) is 0 Å². The van der Waals surface area contributed by atoms with Crippen molar-refractivity contribution in [3.63, 3.8) is 0 Å². The molecule has 94 valence electrons. The number of hydrogen-bond acceptors (Lipinski definition) is 1. The van der Waals surface area contributed by atoms with Gasteiger partial charge >= 0.3 is 6.18 Å². The molecule has 0 aliphatic heterocycles. The molecule has 0 N–H and O–H groups in total. The number of allylic oxidation sites excluding steroid dienone is 3. The molecule has 0 atom stereocenters. The zero-order chi connectivity index (χ0) is 13.2. The quantitative estimate of drug-likeness (QED) is 0.737. The lowest BCUT2D eigenvalue weighted by molar-refractivity contribution is -0.141.